The lowest BCUT2D eigenvalue weighted by molar-refractivity contribution is -0.167. The second kappa shape index (κ2) is 54.7. The molecule has 1 unspecified atom stereocenters. The first-order valence-corrected chi connectivity index (χ1v) is 27.4. The van der Waals surface area contributed by atoms with Crippen molar-refractivity contribution in [2.45, 2.75) is 245 Å². The molecule has 0 spiro atoms. The van der Waals surface area contributed by atoms with E-state index in [0.29, 0.717) is 19.3 Å². The van der Waals surface area contributed by atoms with Crippen molar-refractivity contribution in [1.29, 1.82) is 0 Å². The molecule has 0 saturated heterocycles. The third-order valence-corrected chi connectivity index (χ3v) is 11.3. The Morgan fingerprint density at radius 2 is 0.597 bits per heavy atom. The van der Waals surface area contributed by atoms with Crippen LogP contribution in [-0.2, 0) is 28.6 Å². The molecule has 0 radical (unpaired) electrons. The molecule has 0 amide bonds. The summed E-state index contributed by atoms with van der Waals surface area (Å²) in [5.74, 6) is -0.973. The lowest BCUT2D eigenvalue weighted by Crippen LogP contribution is -2.30. The van der Waals surface area contributed by atoms with Gasteiger partial charge in [0.05, 0.1) is 0 Å². The highest BCUT2D eigenvalue weighted by molar-refractivity contribution is 5.71. The molecule has 0 saturated carbocycles. The fraction of sp³-hybridized carbons (Fsp3) is 0.656. The van der Waals surface area contributed by atoms with E-state index in [1.54, 1.807) is 0 Å². The minimum Gasteiger partial charge on any atom is -0.462 e. The van der Waals surface area contributed by atoms with Crippen LogP contribution in [0.25, 0.3) is 0 Å². The molecule has 0 rings (SSSR count). The molecular weight excluding hydrogens is 829 g/mol. The lowest BCUT2D eigenvalue weighted by Gasteiger charge is -2.18. The zero-order chi connectivity index (χ0) is 48.6. The van der Waals surface area contributed by atoms with Crippen LogP contribution in [0, 0.1) is 0 Å². The van der Waals surface area contributed by atoms with Crippen LogP contribution in [-0.4, -0.2) is 37.2 Å². The Kier molecular flexibility index (Phi) is 51.5. The molecule has 0 bridgehead atoms. The van der Waals surface area contributed by atoms with Crippen molar-refractivity contribution in [2.24, 2.45) is 0 Å². The van der Waals surface area contributed by atoms with E-state index in [1.807, 2.05) is 0 Å². The molecule has 0 N–H and O–H groups in total. The van der Waals surface area contributed by atoms with Gasteiger partial charge in [-0.05, 0) is 96.3 Å². The number of allylic oxidation sites excluding steroid dienone is 18. The number of ether oxygens (including phenoxy) is 3. The Morgan fingerprint density at radius 3 is 0.955 bits per heavy atom. The molecule has 0 heterocycles. The lowest BCUT2D eigenvalue weighted by atomic mass is 10.1. The number of carbonyl (C=O) groups is 3. The van der Waals surface area contributed by atoms with Crippen LogP contribution in [0.5, 0.6) is 0 Å². The van der Waals surface area contributed by atoms with Crippen LogP contribution < -0.4 is 0 Å². The number of esters is 3. The van der Waals surface area contributed by atoms with Crippen LogP contribution in [0.4, 0.5) is 0 Å². The van der Waals surface area contributed by atoms with Crippen LogP contribution in [0.1, 0.15) is 239 Å². The molecule has 0 aliphatic rings. The average Bonchev–Trinajstić information content (AvgIpc) is 3.33. The maximum atomic E-state index is 12.8. The van der Waals surface area contributed by atoms with Crippen molar-refractivity contribution >= 4 is 17.9 Å². The molecule has 67 heavy (non-hydrogen) atoms. The quantitative estimate of drug-likeness (QED) is 0.0262. The normalized spacial score (nSPS) is 12.9. The largest absolute Gasteiger partial charge is 0.462 e. The summed E-state index contributed by atoms with van der Waals surface area (Å²) in [6.07, 6.45) is 73.7. The molecule has 6 heteroatoms. The Bertz CT molecular complexity index is 1390. The van der Waals surface area contributed by atoms with Crippen molar-refractivity contribution < 1.29 is 28.6 Å². The highest BCUT2D eigenvalue weighted by Gasteiger charge is 2.19. The first-order valence-electron chi connectivity index (χ1n) is 27.4. The van der Waals surface area contributed by atoms with Gasteiger partial charge in [0.15, 0.2) is 6.10 Å². The van der Waals surface area contributed by atoms with Gasteiger partial charge in [0.2, 0.25) is 0 Å². The predicted molar refractivity (Wildman–Crippen MR) is 288 cm³/mol. The van der Waals surface area contributed by atoms with Crippen molar-refractivity contribution in [3.05, 3.63) is 109 Å². The summed E-state index contributed by atoms with van der Waals surface area (Å²) in [5, 5.41) is 0. The van der Waals surface area contributed by atoms with Gasteiger partial charge in [0.25, 0.3) is 0 Å². The van der Waals surface area contributed by atoms with E-state index in [-0.39, 0.29) is 37.5 Å². The number of hydrogen-bond acceptors (Lipinski definition) is 6. The van der Waals surface area contributed by atoms with E-state index in [2.05, 4.69) is 130 Å². The summed E-state index contributed by atoms with van der Waals surface area (Å²) in [4.78, 5) is 38.0. The van der Waals surface area contributed by atoms with Crippen molar-refractivity contribution in [2.75, 3.05) is 13.2 Å². The molecule has 0 aliphatic carbocycles. The summed E-state index contributed by atoms with van der Waals surface area (Å²) >= 11 is 0. The third kappa shape index (κ3) is 52.9. The van der Waals surface area contributed by atoms with Gasteiger partial charge in [-0.3, -0.25) is 14.4 Å². The minimum absolute atomic E-state index is 0.103. The topological polar surface area (TPSA) is 78.9 Å². The second-order valence-corrected chi connectivity index (χ2v) is 17.7. The molecule has 0 aromatic carbocycles. The fourth-order valence-corrected chi connectivity index (χ4v) is 7.23. The Morgan fingerprint density at radius 1 is 0.313 bits per heavy atom. The van der Waals surface area contributed by atoms with Gasteiger partial charge in [0.1, 0.15) is 13.2 Å². The minimum atomic E-state index is -0.811. The number of unbranched alkanes of at least 4 members (excludes halogenated alkanes) is 19. The molecule has 6 nitrogen and oxygen atoms in total. The number of rotatable bonds is 48. The van der Waals surface area contributed by atoms with E-state index in [1.165, 1.54) is 83.5 Å². The zero-order valence-electron chi connectivity index (χ0n) is 43.4. The van der Waals surface area contributed by atoms with Crippen LogP contribution in [0.3, 0.4) is 0 Å². The highest BCUT2D eigenvalue weighted by atomic mass is 16.6. The van der Waals surface area contributed by atoms with Crippen LogP contribution in [0.2, 0.25) is 0 Å². The van der Waals surface area contributed by atoms with Gasteiger partial charge in [-0.15, -0.1) is 0 Å². The highest BCUT2D eigenvalue weighted by Crippen LogP contribution is 2.14. The van der Waals surface area contributed by atoms with Gasteiger partial charge in [-0.1, -0.05) is 233 Å². The Hall–Kier alpha value is -3.93. The Balaban J connectivity index is 4.44. The first-order chi connectivity index (χ1) is 33.0. The summed E-state index contributed by atoms with van der Waals surface area (Å²) in [7, 11) is 0. The molecule has 0 aliphatic heterocycles. The van der Waals surface area contributed by atoms with Crippen molar-refractivity contribution in [3.63, 3.8) is 0 Å². The molecule has 380 valence electrons. The van der Waals surface area contributed by atoms with Gasteiger partial charge < -0.3 is 14.2 Å². The third-order valence-electron chi connectivity index (χ3n) is 11.3. The SMILES string of the molecule is CC/C=C\C/C=C\C/C=C\C/C=C\C/C=C\CCCC(=O)OC(COC(=O)CCCCCCCCCC/C=C\C/C=C\C/C=C\C/C=C\CC)COC(=O)CCCCCCCCCCCCC. The molecule has 1 atom stereocenters. The average molecular weight is 929 g/mol. The van der Waals surface area contributed by atoms with E-state index in [0.717, 1.165) is 109 Å². The van der Waals surface area contributed by atoms with Gasteiger partial charge in [-0.2, -0.15) is 0 Å². The fourth-order valence-electron chi connectivity index (χ4n) is 7.23. The van der Waals surface area contributed by atoms with Crippen molar-refractivity contribution in [1.82, 2.24) is 0 Å². The van der Waals surface area contributed by atoms with E-state index in [9.17, 15) is 14.4 Å². The molecule has 0 aromatic heterocycles. The first kappa shape index (κ1) is 63.1. The zero-order valence-corrected chi connectivity index (χ0v) is 43.4. The number of carbonyl (C=O) groups excluding carboxylic acids is 3. The van der Waals surface area contributed by atoms with Gasteiger partial charge >= 0.3 is 17.9 Å². The Labute approximate surface area is 412 Å². The van der Waals surface area contributed by atoms with Crippen LogP contribution in [0.15, 0.2) is 109 Å². The van der Waals surface area contributed by atoms with E-state index in [4.69, 9.17) is 14.2 Å². The maximum Gasteiger partial charge on any atom is 0.306 e. The number of hydrogen-bond donors (Lipinski definition) is 0. The monoisotopic (exact) mass is 929 g/mol. The standard InChI is InChI=1S/C61H100O6/c1-4-7-10-13-16-19-22-24-26-28-29-30-31-33-34-36-39-42-45-48-51-54-60(63)66-57-58(56-65-59(62)53-50-47-44-41-38-21-18-15-12-9-6-3)67-61(64)55-52-49-46-43-40-37-35-32-27-25-23-20-17-14-11-8-5-2/h7-8,10-11,16-17,19-20,24-27,29-30,35,37,43,46,58H,4-6,9,12-15,18,21-23,28,31-34,36,38-42,44-45,47-57H2,1-3H3/b10-7-,11-8-,19-16-,20-17-,26-24-,27-25-,30-29-,37-35-,46-43-. The smallest absolute Gasteiger partial charge is 0.306 e. The maximum absolute atomic E-state index is 12.8. The van der Waals surface area contributed by atoms with Gasteiger partial charge in [-0.25, -0.2) is 0 Å². The molecule has 0 fully saturated rings. The summed E-state index contributed by atoms with van der Waals surface area (Å²) in [6, 6.07) is 0. The van der Waals surface area contributed by atoms with Crippen molar-refractivity contribution in [3.8, 4) is 0 Å². The van der Waals surface area contributed by atoms with E-state index >= 15 is 0 Å². The van der Waals surface area contributed by atoms with Gasteiger partial charge in [0, 0.05) is 19.3 Å². The molecule has 0 aromatic rings. The summed E-state index contributed by atoms with van der Waals surface area (Å²) < 4.78 is 16.8. The second-order valence-electron chi connectivity index (χ2n) is 17.7. The summed E-state index contributed by atoms with van der Waals surface area (Å²) in [6.45, 7) is 6.35. The van der Waals surface area contributed by atoms with Crippen LogP contribution >= 0.6 is 0 Å². The van der Waals surface area contributed by atoms with E-state index < -0.39 is 6.10 Å². The molecular formula is C61H100O6. The predicted octanol–water partition coefficient (Wildman–Crippen LogP) is 18.3. The summed E-state index contributed by atoms with van der Waals surface area (Å²) in [5.41, 5.74) is 0.